The molecule has 1 aromatic rings. The first-order valence-corrected chi connectivity index (χ1v) is 8.34. The molecule has 0 unspecified atom stereocenters. The van der Waals surface area contributed by atoms with Crippen LogP contribution in [0.3, 0.4) is 0 Å². The molecule has 1 saturated carbocycles. The molecule has 1 aromatic carbocycles. The molecule has 1 aliphatic rings. The molecule has 0 saturated heterocycles. The Balaban J connectivity index is 2.46. The van der Waals surface area contributed by atoms with Crippen LogP contribution in [0.15, 0.2) is 17.0 Å². The van der Waals surface area contributed by atoms with Crippen molar-refractivity contribution < 1.29 is 12.8 Å². The largest absolute Gasteiger partial charge is 0.244 e. The van der Waals surface area contributed by atoms with E-state index in [0.29, 0.717) is 0 Å². The van der Waals surface area contributed by atoms with Crippen molar-refractivity contribution in [3.63, 3.8) is 0 Å². The average molecular weight is 347 g/mol. The van der Waals surface area contributed by atoms with Gasteiger partial charge in [0.15, 0.2) is 5.82 Å². The Bertz CT molecular complexity index is 590. The van der Waals surface area contributed by atoms with Crippen LogP contribution in [0.5, 0.6) is 0 Å². The maximum absolute atomic E-state index is 13.6. The summed E-state index contributed by atoms with van der Waals surface area (Å²) in [5.74, 6) is -0.755. The van der Waals surface area contributed by atoms with Gasteiger partial charge in [0.25, 0.3) is 0 Å². The van der Waals surface area contributed by atoms with E-state index >= 15 is 0 Å². The topological polar surface area (TPSA) is 37.4 Å². The van der Waals surface area contributed by atoms with E-state index in [0.717, 1.165) is 12.8 Å². The number of hydrogen-bond donors (Lipinski definition) is 0. The van der Waals surface area contributed by atoms with E-state index in [1.54, 1.807) is 0 Å². The van der Waals surface area contributed by atoms with Gasteiger partial charge in [0.2, 0.25) is 10.0 Å². The molecule has 0 spiro atoms. The zero-order chi connectivity index (χ0) is 14.2. The van der Waals surface area contributed by atoms with Gasteiger partial charge in [-0.05, 0) is 25.0 Å². The molecule has 0 amide bonds. The van der Waals surface area contributed by atoms with Crippen LogP contribution in [0, 0.1) is 5.82 Å². The predicted octanol–water partition coefficient (Wildman–Crippen LogP) is 3.52. The van der Waals surface area contributed by atoms with E-state index in [2.05, 4.69) is 0 Å². The molecule has 0 radical (unpaired) electrons. The highest BCUT2D eigenvalue weighted by molar-refractivity contribution is 7.89. The molecule has 8 heteroatoms. The summed E-state index contributed by atoms with van der Waals surface area (Å²) >= 11 is 16.9. The first kappa shape index (κ1) is 15.3. The molecule has 106 valence electrons. The summed E-state index contributed by atoms with van der Waals surface area (Å²) in [4.78, 5) is -0.270. The Kier molecular flexibility index (Phi) is 4.63. The highest BCUT2D eigenvalue weighted by Gasteiger charge is 2.39. The van der Waals surface area contributed by atoms with Gasteiger partial charge in [0.1, 0.15) is 4.90 Å². The van der Waals surface area contributed by atoms with E-state index in [4.69, 9.17) is 34.8 Å². The molecule has 0 heterocycles. The SMILES string of the molecule is O=S(=O)(c1ccc(Cl)c(F)c1Cl)N(CCCl)C1CC1. The normalized spacial score (nSPS) is 16.1. The molecule has 0 bridgehead atoms. The van der Waals surface area contributed by atoms with Crippen LogP contribution in [0.4, 0.5) is 4.39 Å². The third-order valence-electron chi connectivity index (χ3n) is 2.85. The summed E-state index contributed by atoms with van der Waals surface area (Å²) in [7, 11) is -3.85. The summed E-state index contributed by atoms with van der Waals surface area (Å²) in [6.07, 6.45) is 1.56. The maximum atomic E-state index is 13.6. The van der Waals surface area contributed by atoms with E-state index < -0.39 is 20.9 Å². The number of benzene rings is 1. The molecular weight excluding hydrogens is 336 g/mol. The van der Waals surface area contributed by atoms with Gasteiger partial charge in [-0.3, -0.25) is 0 Å². The van der Waals surface area contributed by atoms with Crippen molar-refractivity contribution in [3.8, 4) is 0 Å². The van der Waals surface area contributed by atoms with Crippen LogP contribution < -0.4 is 0 Å². The standard InChI is InChI=1S/C11H11Cl3FNO2S/c12-5-6-16(7-1-2-7)19(17,18)9-4-3-8(13)11(15)10(9)14/h3-4,7H,1-2,5-6H2. The molecule has 0 atom stereocenters. The maximum Gasteiger partial charge on any atom is 0.244 e. The highest BCUT2D eigenvalue weighted by Crippen LogP contribution is 2.36. The molecule has 19 heavy (non-hydrogen) atoms. The van der Waals surface area contributed by atoms with E-state index in [1.165, 1.54) is 16.4 Å². The Morgan fingerprint density at radius 2 is 1.95 bits per heavy atom. The Morgan fingerprint density at radius 1 is 1.32 bits per heavy atom. The summed E-state index contributed by atoms with van der Waals surface area (Å²) < 4.78 is 39.8. The smallest absolute Gasteiger partial charge is 0.207 e. The van der Waals surface area contributed by atoms with Crippen molar-refractivity contribution in [1.82, 2.24) is 4.31 Å². The predicted molar refractivity (Wildman–Crippen MR) is 74.1 cm³/mol. The van der Waals surface area contributed by atoms with Crippen LogP contribution in [-0.4, -0.2) is 31.2 Å². The Hall–Kier alpha value is -0.0700. The van der Waals surface area contributed by atoms with Crippen LogP contribution in [0.25, 0.3) is 0 Å². The lowest BCUT2D eigenvalue weighted by atomic mass is 10.3. The monoisotopic (exact) mass is 345 g/mol. The first-order valence-electron chi connectivity index (χ1n) is 5.61. The van der Waals surface area contributed by atoms with Crippen LogP contribution >= 0.6 is 34.8 Å². The fourth-order valence-corrected chi connectivity index (χ4v) is 4.47. The lowest BCUT2D eigenvalue weighted by molar-refractivity contribution is 0.422. The average Bonchev–Trinajstić information content (AvgIpc) is 3.16. The van der Waals surface area contributed by atoms with Gasteiger partial charge < -0.3 is 0 Å². The van der Waals surface area contributed by atoms with Gasteiger partial charge in [-0.25, -0.2) is 12.8 Å². The quantitative estimate of drug-likeness (QED) is 0.604. The summed E-state index contributed by atoms with van der Waals surface area (Å²) in [6, 6.07) is 2.33. The summed E-state index contributed by atoms with van der Waals surface area (Å²) in [5.41, 5.74) is 0. The number of nitrogens with zero attached hydrogens (tertiary/aromatic N) is 1. The number of rotatable bonds is 5. The first-order chi connectivity index (χ1) is 8.89. The third-order valence-corrected chi connectivity index (χ3v) is 5.78. The van der Waals surface area contributed by atoms with Gasteiger partial charge >= 0.3 is 0 Å². The number of hydrogen-bond acceptors (Lipinski definition) is 2. The summed E-state index contributed by atoms with van der Waals surface area (Å²) in [5, 5.41) is -0.688. The zero-order valence-electron chi connectivity index (χ0n) is 9.74. The molecule has 0 N–H and O–H groups in total. The van der Waals surface area contributed by atoms with Crippen molar-refractivity contribution in [2.45, 2.75) is 23.8 Å². The molecular formula is C11H11Cl3FNO2S. The van der Waals surface area contributed by atoms with Gasteiger partial charge in [-0.2, -0.15) is 4.31 Å². The fraction of sp³-hybridized carbons (Fsp3) is 0.455. The Labute approximate surface area is 126 Å². The van der Waals surface area contributed by atoms with Gasteiger partial charge in [0.05, 0.1) is 10.0 Å². The van der Waals surface area contributed by atoms with Crippen molar-refractivity contribution in [2.75, 3.05) is 12.4 Å². The van der Waals surface area contributed by atoms with Crippen molar-refractivity contribution in [3.05, 3.63) is 28.0 Å². The van der Waals surface area contributed by atoms with Gasteiger partial charge in [0, 0.05) is 18.5 Å². The lowest BCUT2D eigenvalue weighted by Crippen LogP contribution is -2.35. The van der Waals surface area contributed by atoms with Gasteiger partial charge in [-0.15, -0.1) is 11.6 Å². The number of alkyl halides is 1. The molecule has 0 aliphatic heterocycles. The minimum Gasteiger partial charge on any atom is -0.207 e. The summed E-state index contributed by atoms with van der Waals surface area (Å²) in [6.45, 7) is 0.176. The molecule has 0 aromatic heterocycles. The number of sulfonamides is 1. The van der Waals surface area contributed by atoms with E-state index in [-0.39, 0.29) is 28.4 Å². The second-order valence-corrected chi connectivity index (χ2v) is 7.23. The number of halogens is 4. The highest BCUT2D eigenvalue weighted by atomic mass is 35.5. The minimum absolute atomic E-state index is 0.0708. The second-order valence-electron chi connectivity index (χ2n) is 4.21. The van der Waals surface area contributed by atoms with Crippen LogP contribution in [0.2, 0.25) is 10.0 Å². The van der Waals surface area contributed by atoms with Crippen LogP contribution in [-0.2, 0) is 10.0 Å². The lowest BCUT2D eigenvalue weighted by Gasteiger charge is -2.21. The third kappa shape index (κ3) is 3.00. The van der Waals surface area contributed by atoms with E-state index in [1.807, 2.05) is 0 Å². The minimum atomic E-state index is -3.85. The molecule has 1 aliphatic carbocycles. The van der Waals surface area contributed by atoms with Crippen molar-refractivity contribution >= 4 is 44.8 Å². The molecule has 3 nitrogen and oxygen atoms in total. The van der Waals surface area contributed by atoms with Crippen molar-refractivity contribution in [2.24, 2.45) is 0 Å². The molecule has 1 fully saturated rings. The Morgan fingerprint density at radius 3 is 2.47 bits per heavy atom. The van der Waals surface area contributed by atoms with Gasteiger partial charge in [-0.1, -0.05) is 23.2 Å². The van der Waals surface area contributed by atoms with Crippen molar-refractivity contribution in [1.29, 1.82) is 0 Å². The fourth-order valence-electron chi connectivity index (χ4n) is 1.78. The van der Waals surface area contributed by atoms with E-state index in [9.17, 15) is 12.8 Å². The van der Waals surface area contributed by atoms with Crippen LogP contribution in [0.1, 0.15) is 12.8 Å². The second kappa shape index (κ2) is 5.74. The molecule has 2 rings (SSSR count). The zero-order valence-corrected chi connectivity index (χ0v) is 12.8.